The number of halogens is 2. The van der Waals surface area contributed by atoms with Crippen molar-refractivity contribution in [3.8, 4) is 11.5 Å². The van der Waals surface area contributed by atoms with E-state index in [4.69, 9.17) is 32.7 Å². The number of amides is 1. The molecule has 1 unspecified atom stereocenters. The molecule has 0 fully saturated rings. The van der Waals surface area contributed by atoms with Crippen LogP contribution in [-0.4, -0.2) is 23.4 Å². The Kier molecular flexibility index (Phi) is 5.36. The molecule has 27 heavy (non-hydrogen) atoms. The maximum absolute atomic E-state index is 12.4. The van der Waals surface area contributed by atoms with E-state index in [1.165, 1.54) is 0 Å². The summed E-state index contributed by atoms with van der Waals surface area (Å²) in [6.07, 6.45) is -0.517. The predicted molar refractivity (Wildman–Crippen MR) is 105 cm³/mol. The molecule has 1 aliphatic rings. The second kappa shape index (κ2) is 7.41. The molecule has 0 radical (unpaired) electrons. The van der Waals surface area contributed by atoms with Gasteiger partial charge in [0.15, 0.2) is 11.9 Å². The van der Waals surface area contributed by atoms with Gasteiger partial charge in [-0.2, -0.15) is 0 Å². The summed E-state index contributed by atoms with van der Waals surface area (Å²) in [5.41, 5.74) is 0.421. The highest BCUT2D eigenvalue weighted by Gasteiger charge is 2.32. The lowest BCUT2D eigenvalue weighted by Crippen LogP contribution is -2.36. The summed E-state index contributed by atoms with van der Waals surface area (Å²) in [4.78, 5) is 24.8. The van der Waals surface area contributed by atoms with Crippen LogP contribution in [0.25, 0.3) is 0 Å². The summed E-state index contributed by atoms with van der Waals surface area (Å²) < 4.78 is 11.4. The number of ether oxygens (including phenoxy) is 2. The summed E-state index contributed by atoms with van der Waals surface area (Å²) >= 11 is 11.9. The molecule has 3 rings (SSSR count). The maximum Gasteiger partial charge on any atom is 0.265 e. The van der Waals surface area contributed by atoms with Gasteiger partial charge in [-0.3, -0.25) is 9.59 Å². The standard InChI is InChI=1S/C20H19Cl2NO4/c1-11(26-18-6-4-12(21)8-15(18)22)19(25)23-13-5-7-17-14(9-13)16(24)10-20(2,3)27-17/h4-9,11H,10H2,1-3H3,(H,23,25). The van der Waals surface area contributed by atoms with Gasteiger partial charge in [0.25, 0.3) is 5.91 Å². The first-order valence-corrected chi connectivity index (χ1v) is 9.19. The third kappa shape index (κ3) is 4.54. The van der Waals surface area contributed by atoms with E-state index in [-0.39, 0.29) is 18.1 Å². The van der Waals surface area contributed by atoms with Crippen LogP contribution in [0.15, 0.2) is 36.4 Å². The lowest BCUT2D eigenvalue weighted by molar-refractivity contribution is -0.122. The molecule has 1 N–H and O–H groups in total. The molecular formula is C20H19Cl2NO4. The number of ketones is 1. The molecule has 0 bridgehead atoms. The van der Waals surface area contributed by atoms with Gasteiger partial charge in [-0.15, -0.1) is 0 Å². The van der Waals surface area contributed by atoms with Gasteiger partial charge >= 0.3 is 0 Å². The van der Waals surface area contributed by atoms with Crippen molar-refractivity contribution in [1.29, 1.82) is 0 Å². The Labute approximate surface area is 167 Å². The largest absolute Gasteiger partial charge is 0.487 e. The van der Waals surface area contributed by atoms with Crippen LogP contribution in [-0.2, 0) is 4.79 Å². The Bertz CT molecular complexity index is 911. The smallest absolute Gasteiger partial charge is 0.265 e. The molecule has 7 heteroatoms. The third-order valence-corrected chi connectivity index (χ3v) is 4.62. The Morgan fingerprint density at radius 3 is 2.67 bits per heavy atom. The topological polar surface area (TPSA) is 64.6 Å². The van der Waals surface area contributed by atoms with Gasteiger partial charge < -0.3 is 14.8 Å². The molecule has 0 saturated heterocycles. The third-order valence-electron chi connectivity index (χ3n) is 4.09. The second-order valence-electron chi connectivity index (χ2n) is 7.00. The molecule has 1 atom stereocenters. The van der Waals surface area contributed by atoms with E-state index in [1.807, 2.05) is 13.8 Å². The number of Topliss-reactive ketones (excluding diaryl/α,β-unsaturated/α-hetero) is 1. The lowest BCUT2D eigenvalue weighted by Gasteiger charge is -2.31. The molecule has 1 heterocycles. The average Bonchev–Trinajstić information content (AvgIpc) is 2.57. The van der Waals surface area contributed by atoms with E-state index in [0.29, 0.717) is 32.8 Å². The number of carbonyl (C=O) groups excluding carboxylic acids is 2. The highest BCUT2D eigenvalue weighted by atomic mass is 35.5. The van der Waals surface area contributed by atoms with Crippen LogP contribution in [0.3, 0.4) is 0 Å². The zero-order valence-electron chi connectivity index (χ0n) is 15.1. The molecule has 0 aromatic heterocycles. The van der Waals surface area contributed by atoms with Crippen LogP contribution in [0, 0.1) is 0 Å². The van der Waals surface area contributed by atoms with Crippen molar-refractivity contribution in [3.63, 3.8) is 0 Å². The number of nitrogens with one attached hydrogen (secondary N) is 1. The Balaban J connectivity index is 1.71. The SMILES string of the molecule is CC(Oc1ccc(Cl)cc1Cl)C(=O)Nc1ccc2c(c1)C(=O)CC(C)(C)O2. The number of hydrogen-bond donors (Lipinski definition) is 1. The van der Waals surface area contributed by atoms with Crippen molar-refractivity contribution >= 4 is 40.6 Å². The minimum Gasteiger partial charge on any atom is -0.487 e. The summed E-state index contributed by atoms with van der Waals surface area (Å²) in [7, 11) is 0. The van der Waals surface area contributed by atoms with Gasteiger partial charge in [0.05, 0.1) is 17.0 Å². The van der Waals surface area contributed by atoms with Gasteiger partial charge in [0.2, 0.25) is 0 Å². The molecule has 142 valence electrons. The van der Waals surface area contributed by atoms with E-state index < -0.39 is 11.7 Å². The zero-order chi connectivity index (χ0) is 19.8. The molecular weight excluding hydrogens is 389 g/mol. The van der Waals surface area contributed by atoms with E-state index >= 15 is 0 Å². The number of fused-ring (bicyclic) bond motifs is 1. The van der Waals surface area contributed by atoms with Crippen molar-refractivity contribution in [2.24, 2.45) is 0 Å². The van der Waals surface area contributed by atoms with E-state index in [1.54, 1.807) is 43.3 Å². The fourth-order valence-corrected chi connectivity index (χ4v) is 3.24. The Morgan fingerprint density at radius 1 is 1.22 bits per heavy atom. The number of hydrogen-bond acceptors (Lipinski definition) is 4. The van der Waals surface area contributed by atoms with Crippen LogP contribution in [0.1, 0.15) is 37.6 Å². The number of carbonyl (C=O) groups is 2. The maximum atomic E-state index is 12.4. The number of rotatable bonds is 4. The summed E-state index contributed by atoms with van der Waals surface area (Å²) in [5.74, 6) is 0.492. The Morgan fingerprint density at radius 2 is 1.96 bits per heavy atom. The fourth-order valence-electron chi connectivity index (χ4n) is 2.79. The molecule has 5 nitrogen and oxygen atoms in total. The van der Waals surface area contributed by atoms with Crippen molar-refractivity contribution in [3.05, 3.63) is 52.0 Å². The van der Waals surface area contributed by atoms with Crippen molar-refractivity contribution in [2.75, 3.05) is 5.32 Å². The molecule has 0 saturated carbocycles. The Hall–Kier alpha value is -2.24. The fraction of sp³-hybridized carbons (Fsp3) is 0.300. The summed E-state index contributed by atoms with van der Waals surface area (Å²) in [5, 5.41) is 3.54. The average molecular weight is 408 g/mol. The van der Waals surface area contributed by atoms with Crippen LogP contribution in [0.2, 0.25) is 10.0 Å². The molecule has 2 aromatic rings. The van der Waals surface area contributed by atoms with E-state index in [9.17, 15) is 9.59 Å². The zero-order valence-corrected chi connectivity index (χ0v) is 16.6. The van der Waals surface area contributed by atoms with Gasteiger partial charge in [-0.25, -0.2) is 0 Å². The molecule has 0 aliphatic carbocycles. The van der Waals surface area contributed by atoms with Crippen LogP contribution in [0.5, 0.6) is 11.5 Å². The second-order valence-corrected chi connectivity index (χ2v) is 7.84. The van der Waals surface area contributed by atoms with Crippen LogP contribution >= 0.6 is 23.2 Å². The number of benzene rings is 2. The highest BCUT2D eigenvalue weighted by Crippen LogP contribution is 2.34. The predicted octanol–water partition coefficient (Wildman–Crippen LogP) is 5.14. The first kappa shape index (κ1) is 19.5. The monoisotopic (exact) mass is 407 g/mol. The quantitative estimate of drug-likeness (QED) is 0.761. The van der Waals surface area contributed by atoms with Crippen molar-refractivity contribution in [2.45, 2.75) is 38.9 Å². The van der Waals surface area contributed by atoms with Crippen LogP contribution < -0.4 is 14.8 Å². The van der Waals surface area contributed by atoms with Crippen LogP contribution in [0.4, 0.5) is 5.69 Å². The molecule has 0 spiro atoms. The van der Waals surface area contributed by atoms with Crippen molar-refractivity contribution < 1.29 is 19.1 Å². The van der Waals surface area contributed by atoms with E-state index in [0.717, 1.165) is 0 Å². The van der Waals surface area contributed by atoms with Crippen molar-refractivity contribution in [1.82, 2.24) is 0 Å². The van der Waals surface area contributed by atoms with Gasteiger partial charge in [-0.05, 0) is 57.2 Å². The lowest BCUT2D eigenvalue weighted by atomic mass is 9.93. The first-order chi connectivity index (χ1) is 12.6. The molecule has 1 amide bonds. The summed E-state index contributed by atoms with van der Waals surface area (Å²) in [6.45, 7) is 5.34. The first-order valence-electron chi connectivity index (χ1n) is 8.43. The minimum absolute atomic E-state index is 0.0189. The van der Waals surface area contributed by atoms with Gasteiger partial charge in [0, 0.05) is 10.7 Å². The molecule has 2 aromatic carbocycles. The normalized spacial score (nSPS) is 16.1. The molecule has 1 aliphatic heterocycles. The van der Waals surface area contributed by atoms with Gasteiger partial charge in [0.1, 0.15) is 17.1 Å². The van der Waals surface area contributed by atoms with Gasteiger partial charge in [-0.1, -0.05) is 23.2 Å². The van der Waals surface area contributed by atoms with E-state index in [2.05, 4.69) is 5.32 Å². The minimum atomic E-state index is -0.800. The summed E-state index contributed by atoms with van der Waals surface area (Å²) in [6, 6.07) is 9.76. The number of anilines is 1. The highest BCUT2D eigenvalue weighted by molar-refractivity contribution is 6.35.